The summed E-state index contributed by atoms with van der Waals surface area (Å²) < 4.78 is 1.79. The number of nitrogens with one attached hydrogen (secondary N) is 1. The summed E-state index contributed by atoms with van der Waals surface area (Å²) in [5.41, 5.74) is 0.439. The van der Waals surface area contributed by atoms with E-state index in [0.29, 0.717) is 19.1 Å². The van der Waals surface area contributed by atoms with Crippen LogP contribution in [-0.2, 0) is 13.6 Å². The lowest BCUT2D eigenvalue weighted by molar-refractivity contribution is 0.0240. The van der Waals surface area contributed by atoms with Gasteiger partial charge in [-0.05, 0) is 14.0 Å². The van der Waals surface area contributed by atoms with E-state index in [1.807, 2.05) is 33.4 Å². The molecule has 1 rings (SSSR count). The van der Waals surface area contributed by atoms with Crippen molar-refractivity contribution in [2.45, 2.75) is 39.0 Å². The zero-order valence-corrected chi connectivity index (χ0v) is 12.1. The van der Waals surface area contributed by atoms with Gasteiger partial charge in [0.05, 0.1) is 11.8 Å². The molecule has 5 heteroatoms. The fourth-order valence-electron chi connectivity index (χ4n) is 1.98. The molecule has 0 aliphatic rings. The number of aromatic nitrogens is 2. The molecule has 1 unspecified atom stereocenters. The molecule has 1 aromatic heterocycles. The SMILES string of the molecule is CC(C)NCC(C)(O)CN(C)Cc1cnn(C)c1. The van der Waals surface area contributed by atoms with E-state index in [2.05, 4.69) is 29.2 Å². The van der Waals surface area contributed by atoms with Crippen molar-refractivity contribution in [3.63, 3.8) is 0 Å². The Kier molecular flexibility index (Phi) is 5.31. The Labute approximate surface area is 110 Å². The van der Waals surface area contributed by atoms with Crippen LogP contribution in [0.2, 0.25) is 0 Å². The normalized spacial score (nSPS) is 15.3. The van der Waals surface area contributed by atoms with Crippen molar-refractivity contribution < 1.29 is 5.11 Å². The summed E-state index contributed by atoms with van der Waals surface area (Å²) in [6.45, 7) is 8.04. The maximum atomic E-state index is 10.3. The number of aliphatic hydroxyl groups is 1. The van der Waals surface area contributed by atoms with E-state index in [0.717, 1.165) is 12.1 Å². The average Bonchev–Trinajstić information content (AvgIpc) is 2.60. The summed E-state index contributed by atoms with van der Waals surface area (Å²) in [5, 5.41) is 17.7. The second kappa shape index (κ2) is 6.31. The van der Waals surface area contributed by atoms with Crippen LogP contribution in [0.3, 0.4) is 0 Å². The second-order valence-electron chi connectivity index (χ2n) is 5.73. The molecular weight excluding hydrogens is 228 g/mol. The predicted octanol–water partition coefficient (Wildman–Crippen LogP) is 0.601. The Morgan fingerprint density at radius 3 is 2.72 bits per heavy atom. The zero-order chi connectivity index (χ0) is 13.8. The first kappa shape index (κ1) is 15.1. The Morgan fingerprint density at radius 1 is 1.56 bits per heavy atom. The van der Waals surface area contributed by atoms with Crippen molar-refractivity contribution in [2.24, 2.45) is 7.05 Å². The van der Waals surface area contributed by atoms with Crippen molar-refractivity contribution in [3.8, 4) is 0 Å². The first-order chi connectivity index (χ1) is 8.28. The van der Waals surface area contributed by atoms with E-state index in [4.69, 9.17) is 0 Å². The molecule has 0 aromatic carbocycles. The van der Waals surface area contributed by atoms with E-state index < -0.39 is 5.60 Å². The molecule has 104 valence electrons. The summed E-state index contributed by atoms with van der Waals surface area (Å²) in [4.78, 5) is 2.11. The van der Waals surface area contributed by atoms with Crippen LogP contribution in [-0.4, -0.2) is 51.6 Å². The third-order valence-electron chi connectivity index (χ3n) is 2.71. The molecule has 1 heterocycles. The van der Waals surface area contributed by atoms with Gasteiger partial charge in [0.2, 0.25) is 0 Å². The first-order valence-electron chi connectivity index (χ1n) is 6.40. The highest BCUT2D eigenvalue weighted by molar-refractivity contribution is 5.03. The fourth-order valence-corrected chi connectivity index (χ4v) is 1.98. The predicted molar refractivity (Wildman–Crippen MR) is 73.3 cm³/mol. The van der Waals surface area contributed by atoms with Crippen molar-refractivity contribution >= 4 is 0 Å². The van der Waals surface area contributed by atoms with Crippen LogP contribution in [0.25, 0.3) is 0 Å². The Hall–Kier alpha value is -0.910. The van der Waals surface area contributed by atoms with Gasteiger partial charge in [0.25, 0.3) is 0 Å². The quantitative estimate of drug-likeness (QED) is 0.748. The van der Waals surface area contributed by atoms with Gasteiger partial charge in [0.1, 0.15) is 0 Å². The second-order valence-corrected chi connectivity index (χ2v) is 5.73. The van der Waals surface area contributed by atoms with Gasteiger partial charge >= 0.3 is 0 Å². The molecule has 0 aliphatic carbocycles. The molecule has 1 atom stereocenters. The van der Waals surface area contributed by atoms with Gasteiger partial charge < -0.3 is 10.4 Å². The summed E-state index contributed by atoms with van der Waals surface area (Å²) >= 11 is 0. The molecule has 0 spiro atoms. The van der Waals surface area contributed by atoms with E-state index in [-0.39, 0.29) is 0 Å². The molecule has 5 nitrogen and oxygen atoms in total. The van der Waals surface area contributed by atoms with Crippen LogP contribution in [0, 0.1) is 0 Å². The maximum Gasteiger partial charge on any atom is 0.0869 e. The van der Waals surface area contributed by atoms with Crippen LogP contribution in [0.15, 0.2) is 12.4 Å². The van der Waals surface area contributed by atoms with Crippen molar-refractivity contribution in [3.05, 3.63) is 18.0 Å². The average molecular weight is 254 g/mol. The molecule has 0 amide bonds. The molecule has 0 fully saturated rings. The highest BCUT2D eigenvalue weighted by Gasteiger charge is 2.22. The highest BCUT2D eigenvalue weighted by atomic mass is 16.3. The number of nitrogens with zero attached hydrogens (tertiary/aromatic N) is 3. The standard InChI is InChI=1S/C13H26N4O/c1-11(2)14-9-13(3,18)10-16(4)7-12-6-15-17(5)8-12/h6,8,11,14,18H,7,9-10H2,1-5H3. The molecule has 0 radical (unpaired) electrons. The number of hydrogen-bond donors (Lipinski definition) is 2. The Morgan fingerprint density at radius 2 is 2.22 bits per heavy atom. The Bertz CT molecular complexity index is 360. The molecule has 1 aromatic rings. The summed E-state index contributed by atoms with van der Waals surface area (Å²) in [6.07, 6.45) is 3.86. The minimum absolute atomic E-state index is 0.389. The molecule has 0 bridgehead atoms. The van der Waals surface area contributed by atoms with Crippen LogP contribution in [0.5, 0.6) is 0 Å². The van der Waals surface area contributed by atoms with Crippen LogP contribution in [0.1, 0.15) is 26.3 Å². The largest absolute Gasteiger partial charge is 0.388 e. The zero-order valence-electron chi connectivity index (χ0n) is 12.1. The molecule has 0 saturated heterocycles. The smallest absolute Gasteiger partial charge is 0.0869 e. The van der Waals surface area contributed by atoms with Gasteiger partial charge in [-0.1, -0.05) is 13.8 Å². The third-order valence-corrected chi connectivity index (χ3v) is 2.71. The lowest BCUT2D eigenvalue weighted by Crippen LogP contribution is -2.47. The van der Waals surface area contributed by atoms with E-state index in [1.165, 1.54) is 0 Å². The number of hydrogen-bond acceptors (Lipinski definition) is 4. The maximum absolute atomic E-state index is 10.3. The lowest BCUT2D eigenvalue weighted by atomic mass is 10.1. The van der Waals surface area contributed by atoms with Gasteiger partial charge in [0.15, 0.2) is 0 Å². The lowest BCUT2D eigenvalue weighted by Gasteiger charge is -2.30. The van der Waals surface area contributed by atoms with Gasteiger partial charge in [-0.2, -0.15) is 5.10 Å². The van der Waals surface area contributed by atoms with Crippen molar-refractivity contribution in [2.75, 3.05) is 20.1 Å². The van der Waals surface area contributed by atoms with Gasteiger partial charge in [0, 0.05) is 44.5 Å². The summed E-state index contributed by atoms with van der Waals surface area (Å²) in [7, 11) is 3.92. The first-order valence-corrected chi connectivity index (χ1v) is 6.40. The van der Waals surface area contributed by atoms with Crippen LogP contribution >= 0.6 is 0 Å². The number of likely N-dealkylation sites (N-methyl/N-ethyl adjacent to an activating group) is 1. The van der Waals surface area contributed by atoms with Gasteiger partial charge in [-0.25, -0.2) is 0 Å². The van der Waals surface area contributed by atoms with Crippen molar-refractivity contribution in [1.29, 1.82) is 0 Å². The fraction of sp³-hybridized carbons (Fsp3) is 0.769. The van der Waals surface area contributed by atoms with E-state index in [1.54, 1.807) is 4.68 Å². The molecule has 18 heavy (non-hydrogen) atoms. The summed E-state index contributed by atoms with van der Waals surface area (Å²) in [5.74, 6) is 0. The highest BCUT2D eigenvalue weighted by Crippen LogP contribution is 2.08. The molecule has 2 N–H and O–H groups in total. The molecule has 0 aliphatic heterocycles. The number of rotatable bonds is 7. The third kappa shape index (κ3) is 5.62. The number of aryl methyl sites for hydroxylation is 1. The summed E-state index contributed by atoms with van der Waals surface area (Å²) in [6, 6.07) is 0.389. The van der Waals surface area contributed by atoms with E-state index >= 15 is 0 Å². The van der Waals surface area contributed by atoms with Crippen molar-refractivity contribution in [1.82, 2.24) is 20.0 Å². The monoisotopic (exact) mass is 254 g/mol. The van der Waals surface area contributed by atoms with E-state index in [9.17, 15) is 5.11 Å². The van der Waals surface area contributed by atoms with Crippen LogP contribution in [0.4, 0.5) is 0 Å². The Balaban J connectivity index is 2.40. The topological polar surface area (TPSA) is 53.3 Å². The minimum atomic E-state index is -0.721. The molecule has 0 saturated carbocycles. The van der Waals surface area contributed by atoms with Gasteiger partial charge in [-0.3, -0.25) is 9.58 Å². The van der Waals surface area contributed by atoms with Crippen LogP contribution < -0.4 is 5.32 Å². The molecular formula is C13H26N4O. The minimum Gasteiger partial charge on any atom is -0.388 e. The van der Waals surface area contributed by atoms with Gasteiger partial charge in [-0.15, -0.1) is 0 Å².